The number of aryl methyl sites for hydroxylation is 2. The highest BCUT2D eigenvalue weighted by molar-refractivity contribution is 7.80. The third kappa shape index (κ3) is 3.15. The normalized spacial score (nSPS) is 10.3. The summed E-state index contributed by atoms with van der Waals surface area (Å²) in [6.45, 7) is 3.82. The first-order valence-corrected chi connectivity index (χ1v) is 6.29. The fourth-order valence-electron chi connectivity index (χ4n) is 1.75. The number of thiol groups is 1. The van der Waals surface area contributed by atoms with Gasteiger partial charge in [0.2, 0.25) is 0 Å². The lowest BCUT2D eigenvalue weighted by Gasteiger charge is -2.10. The van der Waals surface area contributed by atoms with E-state index in [1.54, 1.807) is 0 Å². The molecule has 0 fully saturated rings. The molecule has 0 aliphatic carbocycles. The van der Waals surface area contributed by atoms with E-state index in [1.807, 2.05) is 32.0 Å². The quantitative estimate of drug-likeness (QED) is 0.797. The van der Waals surface area contributed by atoms with Gasteiger partial charge < -0.3 is 5.32 Å². The van der Waals surface area contributed by atoms with Crippen LogP contribution in [0.2, 0.25) is 0 Å². The molecule has 2 aromatic rings. The number of carbonyl (C=O) groups is 1. The standard InChI is InChI=1S/C15H14FNOS/c1-9-3-4-10(2)14(7-9)17-15(18)12-8-11(19)5-6-13(12)16/h3-8,19H,1-2H3,(H,17,18). The van der Waals surface area contributed by atoms with Gasteiger partial charge in [-0.2, -0.15) is 0 Å². The number of nitrogens with one attached hydrogen (secondary N) is 1. The third-order valence-electron chi connectivity index (χ3n) is 2.84. The predicted molar refractivity (Wildman–Crippen MR) is 77.5 cm³/mol. The minimum absolute atomic E-state index is 0.00611. The predicted octanol–water partition coefficient (Wildman–Crippen LogP) is 3.98. The van der Waals surface area contributed by atoms with E-state index in [9.17, 15) is 9.18 Å². The Labute approximate surface area is 117 Å². The Hall–Kier alpha value is -1.81. The maximum Gasteiger partial charge on any atom is 0.258 e. The van der Waals surface area contributed by atoms with Crippen LogP contribution in [-0.4, -0.2) is 5.91 Å². The molecule has 2 rings (SSSR count). The van der Waals surface area contributed by atoms with Crippen LogP contribution in [0.1, 0.15) is 21.5 Å². The van der Waals surface area contributed by atoms with E-state index in [-0.39, 0.29) is 5.56 Å². The Morgan fingerprint density at radius 2 is 1.89 bits per heavy atom. The number of anilines is 1. The summed E-state index contributed by atoms with van der Waals surface area (Å²) in [6, 6.07) is 9.89. The minimum atomic E-state index is -0.555. The highest BCUT2D eigenvalue weighted by atomic mass is 32.1. The van der Waals surface area contributed by atoms with Crippen molar-refractivity contribution in [1.29, 1.82) is 0 Å². The summed E-state index contributed by atoms with van der Waals surface area (Å²) in [4.78, 5) is 12.6. The van der Waals surface area contributed by atoms with Gasteiger partial charge in [0.05, 0.1) is 5.56 Å². The molecule has 98 valence electrons. The lowest BCUT2D eigenvalue weighted by molar-refractivity contribution is 0.102. The number of carbonyl (C=O) groups excluding carboxylic acids is 1. The molecule has 1 N–H and O–H groups in total. The van der Waals surface area contributed by atoms with Crippen molar-refractivity contribution >= 4 is 24.2 Å². The van der Waals surface area contributed by atoms with Gasteiger partial charge >= 0.3 is 0 Å². The van der Waals surface area contributed by atoms with Gasteiger partial charge in [0, 0.05) is 10.6 Å². The highest BCUT2D eigenvalue weighted by Crippen LogP contribution is 2.19. The fraction of sp³-hybridized carbons (Fsp3) is 0.133. The second-order valence-corrected chi connectivity index (χ2v) is 4.95. The van der Waals surface area contributed by atoms with Crippen LogP contribution >= 0.6 is 12.6 Å². The van der Waals surface area contributed by atoms with Crippen LogP contribution in [-0.2, 0) is 0 Å². The number of rotatable bonds is 2. The van der Waals surface area contributed by atoms with Crippen LogP contribution in [0.25, 0.3) is 0 Å². The van der Waals surface area contributed by atoms with Gasteiger partial charge in [-0.05, 0) is 49.2 Å². The fourth-order valence-corrected chi connectivity index (χ4v) is 1.95. The number of halogens is 1. The number of hydrogen-bond acceptors (Lipinski definition) is 2. The second kappa shape index (κ2) is 5.45. The molecule has 1 amide bonds. The van der Waals surface area contributed by atoms with Gasteiger partial charge in [-0.25, -0.2) is 4.39 Å². The Morgan fingerprint density at radius 3 is 2.63 bits per heavy atom. The molecule has 19 heavy (non-hydrogen) atoms. The van der Waals surface area contributed by atoms with Crippen LogP contribution in [0.3, 0.4) is 0 Å². The Bertz CT molecular complexity index is 640. The zero-order valence-electron chi connectivity index (χ0n) is 10.7. The first-order valence-electron chi connectivity index (χ1n) is 5.84. The molecule has 0 atom stereocenters. The Balaban J connectivity index is 2.30. The molecule has 0 aromatic heterocycles. The molecule has 4 heteroatoms. The number of hydrogen-bond donors (Lipinski definition) is 2. The molecule has 0 unspecified atom stereocenters. The minimum Gasteiger partial charge on any atom is -0.322 e. The van der Waals surface area contributed by atoms with Crippen molar-refractivity contribution in [2.45, 2.75) is 18.7 Å². The first-order chi connectivity index (χ1) is 8.97. The molecular formula is C15H14FNOS. The molecule has 0 spiro atoms. The summed E-state index contributed by atoms with van der Waals surface area (Å²) in [7, 11) is 0. The van der Waals surface area contributed by atoms with Crippen molar-refractivity contribution in [1.82, 2.24) is 0 Å². The van der Waals surface area contributed by atoms with Gasteiger partial charge in [0.1, 0.15) is 5.82 Å². The van der Waals surface area contributed by atoms with Crippen LogP contribution in [0.5, 0.6) is 0 Å². The molecule has 0 radical (unpaired) electrons. The molecule has 0 aliphatic rings. The molecule has 0 heterocycles. The maximum atomic E-state index is 13.6. The van der Waals surface area contributed by atoms with E-state index < -0.39 is 11.7 Å². The van der Waals surface area contributed by atoms with Crippen LogP contribution < -0.4 is 5.32 Å². The zero-order valence-corrected chi connectivity index (χ0v) is 11.6. The van der Waals surface area contributed by atoms with Gasteiger partial charge in [-0.15, -0.1) is 12.6 Å². The molecule has 2 aromatic carbocycles. The monoisotopic (exact) mass is 275 g/mol. The SMILES string of the molecule is Cc1ccc(C)c(NC(=O)c2cc(S)ccc2F)c1. The summed E-state index contributed by atoms with van der Waals surface area (Å²) < 4.78 is 13.6. The molecule has 0 saturated heterocycles. The second-order valence-electron chi connectivity index (χ2n) is 4.44. The van der Waals surface area contributed by atoms with Gasteiger partial charge in [0.15, 0.2) is 0 Å². The highest BCUT2D eigenvalue weighted by Gasteiger charge is 2.13. The molecule has 0 saturated carbocycles. The van der Waals surface area contributed by atoms with E-state index in [1.165, 1.54) is 18.2 Å². The van der Waals surface area contributed by atoms with Crippen LogP contribution in [0.15, 0.2) is 41.3 Å². The first kappa shape index (κ1) is 13.6. The molecule has 2 nitrogen and oxygen atoms in total. The van der Waals surface area contributed by atoms with Crippen molar-refractivity contribution in [3.05, 3.63) is 58.9 Å². The Kier molecular flexibility index (Phi) is 3.90. The van der Waals surface area contributed by atoms with Crippen molar-refractivity contribution in [3.63, 3.8) is 0 Å². The average molecular weight is 275 g/mol. The smallest absolute Gasteiger partial charge is 0.258 e. The summed E-state index contributed by atoms with van der Waals surface area (Å²) in [5.41, 5.74) is 2.65. The average Bonchev–Trinajstić information content (AvgIpc) is 2.36. The van der Waals surface area contributed by atoms with Crippen molar-refractivity contribution in [3.8, 4) is 0 Å². The van der Waals surface area contributed by atoms with E-state index >= 15 is 0 Å². The third-order valence-corrected chi connectivity index (χ3v) is 3.11. The maximum absolute atomic E-state index is 13.6. The van der Waals surface area contributed by atoms with Gasteiger partial charge in [0.25, 0.3) is 5.91 Å². The molecular weight excluding hydrogens is 261 g/mol. The summed E-state index contributed by atoms with van der Waals surface area (Å²) in [5.74, 6) is -1.03. The largest absolute Gasteiger partial charge is 0.322 e. The summed E-state index contributed by atoms with van der Waals surface area (Å²) in [6.07, 6.45) is 0. The van der Waals surface area contributed by atoms with E-state index in [4.69, 9.17) is 0 Å². The van der Waals surface area contributed by atoms with Gasteiger partial charge in [-0.1, -0.05) is 12.1 Å². The van der Waals surface area contributed by atoms with E-state index in [0.717, 1.165) is 11.1 Å². The van der Waals surface area contributed by atoms with Crippen molar-refractivity contribution in [2.75, 3.05) is 5.32 Å². The van der Waals surface area contributed by atoms with Gasteiger partial charge in [-0.3, -0.25) is 4.79 Å². The van der Waals surface area contributed by atoms with Crippen molar-refractivity contribution in [2.24, 2.45) is 0 Å². The number of amides is 1. The zero-order chi connectivity index (χ0) is 14.0. The van der Waals surface area contributed by atoms with E-state index in [0.29, 0.717) is 10.6 Å². The lowest BCUT2D eigenvalue weighted by atomic mass is 10.1. The molecule has 0 aliphatic heterocycles. The van der Waals surface area contributed by atoms with Crippen molar-refractivity contribution < 1.29 is 9.18 Å². The van der Waals surface area contributed by atoms with Crippen LogP contribution in [0.4, 0.5) is 10.1 Å². The lowest BCUT2D eigenvalue weighted by Crippen LogP contribution is -2.14. The van der Waals surface area contributed by atoms with E-state index in [2.05, 4.69) is 17.9 Å². The number of benzene rings is 2. The summed E-state index contributed by atoms with van der Waals surface area (Å²) >= 11 is 4.11. The molecule has 0 bridgehead atoms. The summed E-state index contributed by atoms with van der Waals surface area (Å²) in [5, 5.41) is 2.72. The van der Waals surface area contributed by atoms with Crippen LogP contribution in [0, 0.1) is 19.7 Å². The Morgan fingerprint density at radius 1 is 1.16 bits per heavy atom. The topological polar surface area (TPSA) is 29.1 Å².